The number of carbonyl (C=O) groups is 1. The number of carbonyl (C=O) groups excluding carboxylic acids is 1. The number of rotatable bonds is 7. The molecule has 2 heterocycles. The molecule has 2 aliphatic heterocycles. The number of benzene rings is 2. The van der Waals surface area contributed by atoms with Crippen LogP contribution in [0, 0.1) is 12.3 Å². The number of thioether (sulfide) groups is 1. The minimum absolute atomic E-state index is 0.194. The maximum absolute atomic E-state index is 13.0. The van der Waals surface area contributed by atoms with E-state index in [1.54, 1.807) is 30.3 Å². The van der Waals surface area contributed by atoms with Crippen LogP contribution in [0.2, 0.25) is 5.02 Å². The molecular weight excluding hydrogens is 521 g/mol. The van der Waals surface area contributed by atoms with Crippen molar-refractivity contribution in [1.82, 2.24) is 5.01 Å². The van der Waals surface area contributed by atoms with Crippen molar-refractivity contribution in [2.24, 2.45) is 10.1 Å². The maximum Gasteiger partial charge on any atom is 0.441 e. The van der Waals surface area contributed by atoms with Gasteiger partial charge in [0, 0.05) is 5.02 Å². The van der Waals surface area contributed by atoms with Crippen LogP contribution in [-0.2, 0) is 4.79 Å². The number of hydrogen-bond donors (Lipinski definition) is 1. The molecule has 188 valence electrons. The smallest absolute Gasteiger partial charge is 0.441 e. The third-order valence-corrected chi connectivity index (χ3v) is 6.31. The Kier molecular flexibility index (Phi) is 7.27. The van der Waals surface area contributed by atoms with E-state index in [0.717, 1.165) is 5.56 Å². The molecule has 0 atom stereocenters. The van der Waals surface area contributed by atoms with E-state index in [9.17, 15) is 18.0 Å². The molecule has 2 aliphatic rings. The van der Waals surface area contributed by atoms with Crippen molar-refractivity contribution in [3.05, 3.63) is 58.1 Å². The van der Waals surface area contributed by atoms with Crippen LogP contribution < -0.4 is 14.2 Å². The van der Waals surface area contributed by atoms with E-state index in [1.807, 2.05) is 13.0 Å². The minimum atomic E-state index is -4.71. The summed E-state index contributed by atoms with van der Waals surface area (Å²) < 4.78 is 55.7. The number of aliphatic imine (C=N–C) groups is 1. The zero-order valence-electron chi connectivity index (χ0n) is 18.9. The molecule has 0 radical (unpaired) electrons. The predicted molar refractivity (Wildman–Crippen MR) is 131 cm³/mol. The van der Waals surface area contributed by atoms with Crippen LogP contribution in [0.1, 0.15) is 11.1 Å². The van der Waals surface area contributed by atoms with Crippen LogP contribution >= 0.6 is 23.4 Å². The van der Waals surface area contributed by atoms with Crippen molar-refractivity contribution in [2.75, 3.05) is 20.3 Å². The first-order chi connectivity index (χ1) is 17.1. The molecule has 0 aliphatic carbocycles. The van der Waals surface area contributed by atoms with Crippen LogP contribution in [0.15, 0.2) is 52.1 Å². The normalized spacial score (nSPS) is 16.6. The van der Waals surface area contributed by atoms with Crippen LogP contribution in [0.3, 0.4) is 0 Å². The van der Waals surface area contributed by atoms with E-state index in [2.05, 4.69) is 10.1 Å². The number of fused-ring (bicyclic) bond motifs is 1. The highest BCUT2D eigenvalue weighted by Crippen LogP contribution is 2.36. The third-order valence-electron chi connectivity index (χ3n) is 4.93. The maximum atomic E-state index is 13.0. The van der Waals surface area contributed by atoms with Crippen molar-refractivity contribution in [3.8, 4) is 17.2 Å². The van der Waals surface area contributed by atoms with E-state index in [4.69, 9.17) is 31.2 Å². The van der Waals surface area contributed by atoms with Gasteiger partial charge in [0.05, 0.1) is 12.7 Å². The van der Waals surface area contributed by atoms with Crippen molar-refractivity contribution < 1.29 is 32.2 Å². The second-order valence-corrected chi connectivity index (χ2v) is 8.80. The van der Waals surface area contributed by atoms with Crippen molar-refractivity contribution in [3.63, 3.8) is 0 Å². The van der Waals surface area contributed by atoms with Gasteiger partial charge in [0.2, 0.25) is 10.2 Å². The van der Waals surface area contributed by atoms with Crippen LogP contribution in [0.4, 0.5) is 13.2 Å². The van der Waals surface area contributed by atoms with Crippen LogP contribution in [0.25, 0.3) is 6.08 Å². The SMILES string of the molecule is COc1cc(C=C2C(=N)N3N=C(C(F)(F)F)SC3=NC2=O)ccc1OCCOc1ccc(Cl)c(C)c1. The van der Waals surface area contributed by atoms with Crippen molar-refractivity contribution >= 4 is 51.4 Å². The third kappa shape index (κ3) is 5.49. The number of ether oxygens (including phenoxy) is 3. The number of amides is 1. The number of hydrazone groups is 1. The second-order valence-electron chi connectivity index (χ2n) is 7.44. The molecule has 0 aromatic heterocycles. The first kappa shape index (κ1) is 25.6. The van der Waals surface area contributed by atoms with Crippen LogP contribution in [0.5, 0.6) is 17.2 Å². The highest BCUT2D eigenvalue weighted by Gasteiger charge is 2.46. The van der Waals surface area contributed by atoms with Gasteiger partial charge in [-0.05, 0) is 66.2 Å². The Morgan fingerprint density at radius 2 is 1.89 bits per heavy atom. The highest BCUT2D eigenvalue weighted by atomic mass is 35.5. The molecule has 0 spiro atoms. The lowest BCUT2D eigenvalue weighted by Crippen LogP contribution is -2.35. The first-order valence-electron chi connectivity index (χ1n) is 10.3. The van der Waals surface area contributed by atoms with E-state index in [-0.39, 0.29) is 35.7 Å². The summed E-state index contributed by atoms with van der Waals surface area (Å²) in [6.07, 6.45) is -3.38. The highest BCUT2D eigenvalue weighted by molar-refractivity contribution is 8.27. The molecule has 8 nitrogen and oxygen atoms in total. The zero-order valence-corrected chi connectivity index (χ0v) is 20.4. The lowest BCUT2D eigenvalue weighted by atomic mass is 10.1. The van der Waals surface area contributed by atoms with Gasteiger partial charge in [-0.25, -0.2) is 0 Å². The summed E-state index contributed by atoms with van der Waals surface area (Å²) in [6.45, 7) is 2.35. The Balaban J connectivity index is 1.45. The molecule has 0 bridgehead atoms. The molecule has 4 rings (SSSR count). The summed E-state index contributed by atoms with van der Waals surface area (Å²) in [6, 6.07) is 10.1. The van der Waals surface area contributed by atoms with Crippen LogP contribution in [-0.4, -0.2) is 53.5 Å². The van der Waals surface area contributed by atoms with Gasteiger partial charge < -0.3 is 14.2 Å². The van der Waals surface area contributed by atoms with E-state index in [1.165, 1.54) is 13.2 Å². The van der Waals surface area contributed by atoms with Crippen molar-refractivity contribution in [1.29, 1.82) is 5.41 Å². The summed E-state index contributed by atoms with van der Waals surface area (Å²) >= 11 is 6.20. The fourth-order valence-electron chi connectivity index (χ4n) is 3.18. The fraction of sp³-hybridized carbons (Fsp3) is 0.217. The number of amidine groups is 2. The number of nitrogens with one attached hydrogen (secondary N) is 1. The van der Waals surface area contributed by atoms with Crippen molar-refractivity contribution in [2.45, 2.75) is 13.1 Å². The Bertz CT molecular complexity index is 1330. The van der Waals surface area contributed by atoms with Gasteiger partial charge in [0.25, 0.3) is 5.91 Å². The Morgan fingerprint density at radius 3 is 2.58 bits per heavy atom. The molecule has 36 heavy (non-hydrogen) atoms. The number of aryl methyl sites for hydroxylation is 1. The van der Waals surface area contributed by atoms with E-state index < -0.39 is 23.0 Å². The lowest BCUT2D eigenvalue weighted by Gasteiger charge is -2.20. The molecule has 0 unspecified atom stereocenters. The molecule has 1 amide bonds. The first-order valence-corrected chi connectivity index (χ1v) is 11.5. The van der Waals surface area contributed by atoms with Gasteiger partial charge in [-0.3, -0.25) is 10.2 Å². The van der Waals surface area contributed by atoms with Gasteiger partial charge in [-0.2, -0.15) is 28.3 Å². The van der Waals surface area contributed by atoms with Gasteiger partial charge in [0.1, 0.15) is 19.0 Å². The molecule has 2 aromatic carbocycles. The Morgan fingerprint density at radius 1 is 1.14 bits per heavy atom. The Labute approximate surface area is 212 Å². The summed E-state index contributed by atoms with van der Waals surface area (Å²) in [5, 5.41) is 11.4. The number of hydrogen-bond acceptors (Lipinski definition) is 7. The predicted octanol–water partition coefficient (Wildman–Crippen LogP) is 5.30. The summed E-state index contributed by atoms with van der Waals surface area (Å²) in [5.41, 5.74) is 1.13. The number of nitrogens with zero attached hydrogens (tertiary/aromatic N) is 3. The monoisotopic (exact) mass is 538 g/mol. The second kappa shape index (κ2) is 10.2. The van der Waals surface area contributed by atoms with Gasteiger partial charge in [-0.1, -0.05) is 17.7 Å². The number of halogens is 4. The topological polar surface area (TPSA) is 96.6 Å². The molecule has 13 heteroatoms. The summed E-state index contributed by atoms with van der Waals surface area (Å²) in [5.74, 6) is 0.0656. The minimum Gasteiger partial charge on any atom is -0.493 e. The van der Waals surface area contributed by atoms with Gasteiger partial charge >= 0.3 is 6.18 Å². The molecule has 1 N–H and O–H groups in total. The van der Waals surface area contributed by atoms with E-state index in [0.29, 0.717) is 32.8 Å². The summed E-state index contributed by atoms with van der Waals surface area (Å²) in [7, 11) is 1.44. The van der Waals surface area contributed by atoms with Gasteiger partial charge in [-0.15, -0.1) is 0 Å². The Hall–Kier alpha value is -3.51. The number of methoxy groups -OCH3 is 1. The van der Waals surface area contributed by atoms with Gasteiger partial charge in [0.15, 0.2) is 17.3 Å². The molecule has 2 aromatic rings. The molecule has 0 saturated heterocycles. The summed E-state index contributed by atoms with van der Waals surface area (Å²) in [4.78, 5) is 16.1. The van der Waals surface area contributed by atoms with E-state index >= 15 is 0 Å². The molecule has 0 fully saturated rings. The number of alkyl halides is 3. The lowest BCUT2D eigenvalue weighted by molar-refractivity contribution is -0.114. The standard InChI is InChI=1S/C23H18ClF3N4O4S/c1-12-9-14(4-5-16(12)24)34-7-8-35-17-6-3-13(11-18(17)33-2)10-15-19(28)31-22(29-20(15)32)36-21(30-31)23(25,26)27/h3-6,9-11,28H,7-8H2,1-2H3. The molecular formula is C23H18ClF3N4O4S. The molecule has 0 saturated carbocycles. The largest absolute Gasteiger partial charge is 0.493 e. The average Bonchev–Trinajstić information content (AvgIpc) is 3.27. The average molecular weight is 539 g/mol. The zero-order chi connectivity index (χ0) is 26.0. The quantitative estimate of drug-likeness (QED) is 0.380. The fourth-order valence-corrected chi connectivity index (χ4v) is 4.06.